The fourth-order valence-corrected chi connectivity index (χ4v) is 4.25. The Hall–Kier alpha value is -2.22. The standard InChI is InChI=1S/C19H26N4O4/c24-16(25)11-13-12-27-10-9-23(13)18(26)17-14-5-1-2-6-15(14)20-19(21-17)22-7-3-4-8-22/h13H,1-12H2,(H,24,25). The summed E-state index contributed by atoms with van der Waals surface area (Å²) in [5.74, 6) is -0.448. The predicted molar refractivity (Wildman–Crippen MR) is 98.0 cm³/mol. The van der Waals surface area contributed by atoms with Crippen molar-refractivity contribution in [3.8, 4) is 0 Å². The number of ether oxygens (including phenoxy) is 1. The minimum absolute atomic E-state index is 0.113. The topological polar surface area (TPSA) is 95.9 Å². The van der Waals surface area contributed by atoms with E-state index in [1.807, 2.05) is 0 Å². The molecule has 0 aromatic carbocycles. The molecule has 0 bridgehead atoms. The number of carboxylic acid groups (broad SMARTS) is 1. The fraction of sp³-hybridized carbons (Fsp3) is 0.684. The molecular weight excluding hydrogens is 348 g/mol. The first-order valence-electron chi connectivity index (χ1n) is 9.88. The number of fused-ring (bicyclic) bond motifs is 1. The van der Waals surface area contributed by atoms with E-state index in [9.17, 15) is 14.7 Å². The number of aromatic nitrogens is 2. The van der Waals surface area contributed by atoms with Crippen LogP contribution in [-0.4, -0.2) is 70.7 Å². The van der Waals surface area contributed by atoms with Crippen molar-refractivity contribution in [2.75, 3.05) is 37.7 Å². The van der Waals surface area contributed by atoms with E-state index in [2.05, 4.69) is 4.90 Å². The van der Waals surface area contributed by atoms with Crippen LogP contribution in [0.15, 0.2) is 0 Å². The Bertz CT molecular complexity index is 733. The summed E-state index contributed by atoms with van der Waals surface area (Å²) in [7, 11) is 0. The molecule has 4 rings (SSSR count). The van der Waals surface area contributed by atoms with Crippen molar-refractivity contribution in [1.29, 1.82) is 0 Å². The first kappa shape index (κ1) is 18.2. The van der Waals surface area contributed by atoms with E-state index >= 15 is 0 Å². The van der Waals surface area contributed by atoms with Gasteiger partial charge in [0, 0.05) is 30.9 Å². The van der Waals surface area contributed by atoms with Gasteiger partial charge < -0.3 is 19.6 Å². The molecule has 2 saturated heterocycles. The third-order valence-electron chi connectivity index (χ3n) is 5.66. The average molecular weight is 374 g/mol. The quantitative estimate of drug-likeness (QED) is 0.848. The van der Waals surface area contributed by atoms with Crippen LogP contribution in [0.2, 0.25) is 0 Å². The maximum Gasteiger partial charge on any atom is 0.305 e. The zero-order chi connectivity index (χ0) is 18.8. The number of nitrogens with zero attached hydrogens (tertiary/aromatic N) is 4. The van der Waals surface area contributed by atoms with E-state index in [1.165, 1.54) is 0 Å². The number of carboxylic acids is 1. The number of hydrogen-bond donors (Lipinski definition) is 1. The van der Waals surface area contributed by atoms with Crippen molar-refractivity contribution in [2.45, 2.75) is 51.0 Å². The monoisotopic (exact) mass is 374 g/mol. The van der Waals surface area contributed by atoms with E-state index in [0.717, 1.165) is 62.9 Å². The molecule has 8 nitrogen and oxygen atoms in total. The lowest BCUT2D eigenvalue weighted by molar-refractivity contribution is -0.139. The second-order valence-electron chi connectivity index (χ2n) is 7.52. The number of aryl methyl sites for hydroxylation is 1. The Morgan fingerprint density at radius 1 is 1.07 bits per heavy atom. The van der Waals surface area contributed by atoms with Crippen molar-refractivity contribution in [3.63, 3.8) is 0 Å². The molecule has 1 N–H and O–H groups in total. The Labute approximate surface area is 158 Å². The lowest BCUT2D eigenvalue weighted by atomic mass is 9.94. The third kappa shape index (κ3) is 3.76. The minimum Gasteiger partial charge on any atom is -0.481 e. The third-order valence-corrected chi connectivity index (χ3v) is 5.66. The predicted octanol–water partition coefficient (Wildman–Crippen LogP) is 1.27. The molecule has 1 amide bonds. The molecular formula is C19H26N4O4. The Morgan fingerprint density at radius 2 is 1.85 bits per heavy atom. The largest absolute Gasteiger partial charge is 0.481 e. The second kappa shape index (κ2) is 7.80. The summed E-state index contributed by atoms with van der Waals surface area (Å²) >= 11 is 0. The molecule has 1 aliphatic carbocycles. The van der Waals surface area contributed by atoms with Gasteiger partial charge in [-0.1, -0.05) is 0 Å². The first-order valence-corrected chi connectivity index (χ1v) is 9.88. The van der Waals surface area contributed by atoms with Crippen LogP contribution >= 0.6 is 0 Å². The van der Waals surface area contributed by atoms with E-state index < -0.39 is 12.0 Å². The van der Waals surface area contributed by atoms with Gasteiger partial charge in [0.2, 0.25) is 5.95 Å². The number of anilines is 1. The van der Waals surface area contributed by atoms with E-state index in [-0.39, 0.29) is 18.9 Å². The molecule has 1 atom stereocenters. The molecule has 3 heterocycles. The van der Waals surface area contributed by atoms with E-state index in [4.69, 9.17) is 14.7 Å². The minimum atomic E-state index is -0.925. The van der Waals surface area contributed by atoms with Gasteiger partial charge in [-0.2, -0.15) is 0 Å². The number of aliphatic carboxylic acids is 1. The Morgan fingerprint density at radius 3 is 2.63 bits per heavy atom. The van der Waals surface area contributed by atoms with Gasteiger partial charge >= 0.3 is 5.97 Å². The van der Waals surface area contributed by atoms with Crippen molar-refractivity contribution >= 4 is 17.8 Å². The van der Waals surface area contributed by atoms with Gasteiger partial charge in [0.15, 0.2) is 0 Å². The summed E-state index contributed by atoms with van der Waals surface area (Å²) in [5, 5.41) is 9.19. The molecule has 0 radical (unpaired) electrons. The maximum absolute atomic E-state index is 13.4. The zero-order valence-corrected chi connectivity index (χ0v) is 15.5. The Balaban J connectivity index is 1.69. The van der Waals surface area contributed by atoms with Crippen LogP contribution in [0.5, 0.6) is 0 Å². The van der Waals surface area contributed by atoms with Gasteiger partial charge in [-0.25, -0.2) is 9.97 Å². The summed E-state index contributed by atoms with van der Waals surface area (Å²) < 4.78 is 5.42. The fourth-order valence-electron chi connectivity index (χ4n) is 4.25. The molecule has 3 aliphatic rings. The van der Waals surface area contributed by atoms with Crippen LogP contribution in [0.3, 0.4) is 0 Å². The normalized spacial score (nSPS) is 22.6. The Kier molecular flexibility index (Phi) is 5.24. The smallest absolute Gasteiger partial charge is 0.305 e. The molecule has 1 unspecified atom stereocenters. The van der Waals surface area contributed by atoms with Crippen molar-refractivity contribution < 1.29 is 19.4 Å². The highest BCUT2D eigenvalue weighted by molar-refractivity contribution is 5.95. The number of hydrogen-bond acceptors (Lipinski definition) is 6. The lowest BCUT2D eigenvalue weighted by Crippen LogP contribution is -2.50. The van der Waals surface area contributed by atoms with Crippen LogP contribution in [0.25, 0.3) is 0 Å². The van der Waals surface area contributed by atoms with Gasteiger partial charge in [-0.3, -0.25) is 9.59 Å². The molecule has 1 aromatic rings. The van der Waals surface area contributed by atoms with E-state index in [0.29, 0.717) is 24.8 Å². The highest BCUT2D eigenvalue weighted by Gasteiger charge is 2.33. The van der Waals surface area contributed by atoms with Gasteiger partial charge in [0.1, 0.15) is 5.69 Å². The van der Waals surface area contributed by atoms with Crippen molar-refractivity contribution in [1.82, 2.24) is 14.9 Å². The van der Waals surface area contributed by atoms with Gasteiger partial charge in [0.25, 0.3) is 5.91 Å². The molecule has 2 fully saturated rings. The van der Waals surface area contributed by atoms with Crippen molar-refractivity contribution in [2.24, 2.45) is 0 Å². The summed E-state index contributed by atoms with van der Waals surface area (Å²) in [6.07, 6.45) is 5.92. The highest BCUT2D eigenvalue weighted by atomic mass is 16.5. The van der Waals surface area contributed by atoms with Crippen LogP contribution < -0.4 is 4.90 Å². The van der Waals surface area contributed by atoms with E-state index in [1.54, 1.807) is 4.90 Å². The number of amides is 1. The first-order chi connectivity index (χ1) is 13.1. The lowest BCUT2D eigenvalue weighted by Gasteiger charge is -2.35. The highest BCUT2D eigenvalue weighted by Crippen LogP contribution is 2.28. The molecule has 1 aromatic heterocycles. The van der Waals surface area contributed by atoms with Gasteiger partial charge in [-0.05, 0) is 38.5 Å². The van der Waals surface area contributed by atoms with Crippen LogP contribution in [0.4, 0.5) is 5.95 Å². The van der Waals surface area contributed by atoms with Crippen LogP contribution in [-0.2, 0) is 22.4 Å². The zero-order valence-electron chi connectivity index (χ0n) is 15.5. The van der Waals surface area contributed by atoms with Gasteiger partial charge in [-0.15, -0.1) is 0 Å². The van der Waals surface area contributed by atoms with Crippen LogP contribution in [0.1, 0.15) is 53.8 Å². The number of rotatable bonds is 4. The SMILES string of the molecule is O=C(O)CC1COCCN1C(=O)c1nc(N2CCCC2)nc2c1CCCC2. The molecule has 0 spiro atoms. The number of carbonyl (C=O) groups excluding carboxylic acids is 1. The molecule has 146 valence electrons. The maximum atomic E-state index is 13.4. The molecule has 27 heavy (non-hydrogen) atoms. The van der Waals surface area contributed by atoms with Crippen LogP contribution in [0, 0.1) is 0 Å². The average Bonchev–Trinajstić information content (AvgIpc) is 3.21. The number of morpholine rings is 1. The molecule has 8 heteroatoms. The molecule has 0 saturated carbocycles. The van der Waals surface area contributed by atoms with Gasteiger partial charge in [0.05, 0.1) is 25.7 Å². The second-order valence-corrected chi connectivity index (χ2v) is 7.52. The number of carbonyl (C=O) groups is 2. The summed E-state index contributed by atoms with van der Waals surface area (Å²) in [6, 6.07) is -0.451. The van der Waals surface area contributed by atoms with Crippen molar-refractivity contribution in [3.05, 3.63) is 17.0 Å². The summed E-state index contributed by atoms with van der Waals surface area (Å²) in [6.45, 7) is 2.92. The summed E-state index contributed by atoms with van der Waals surface area (Å²) in [4.78, 5) is 37.9. The molecule has 2 aliphatic heterocycles. The summed E-state index contributed by atoms with van der Waals surface area (Å²) in [5.41, 5.74) is 2.41.